The van der Waals surface area contributed by atoms with Crippen molar-refractivity contribution in [2.75, 3.05) is 5.73 Å². The van der Waals surface area contributed by atoms with Crippen LogP contribution >= 0.6 is 0 Å². The molecular formula is C19H12F2N4O2. The fourth-order valence-electron chi connectivity index (χ4n) is 2.85. The molecule has 27 heavy (non-hydrogen) atoms. The maximum absolute atomic E-state index is 14.2. The molecule has 0 saturated carbocycles. The summed E-state index contributed by atoms with van der Waals surface area (Å²) in [6, 6.07) is 6.63. The fraction of sp³-hybridized carbons (Fsp3) is 0. The number of ketones is 1. The lowest BCUT2D eigenvalue weighted by Gasteiger charge is -2.06. The minimum Gasteiger partial charge on any atom is -0.396 e. The molecule has 0 bridgehead atoms. The van der Waals surface area contributed by atoms with Crippen LogP contribution in [0.15, 0.2) is 53.7 Å². The van der Waals surface area contributed by atoms with E-state index >= 15 is 0 Å². The normalized spacial score (nSPS) is 11.0. The number of nitrogens with zero attached hydrogens (tertiary/aromatic N) is 1. The summed E-state index contributed by atoms with van der Waals surface area (Å²) in [5, 5.41) is 0.393. The molecule has 0 radical (unpaired) electrons. The Morgan fingerprint density at radius 2 is 1.85 bits per heavy atom. The van der Waals surface area contributed by atoms with Gasteiger partial charge in [0.1, 0.15) is 11.5 Å². The Morgan fingerprint density at radius 1 is 1.04 bits per heavy atom. The first-order chi connectivity index (χ1) is 13.0. The zero-order valence-corrected chi connectivity index (χ0v) is 13.7. The molecule has 0 fully saturated rings. The van der Waals surface area contributed by atoms with Gasteiger partial charge in [-0.05, 0) is 29.8 Å². The van der Waals surface area contributed by atoms with Crippen LogP contribution in [-0.4, -0.2) is 20.7 Å². The van der Waals surface area contributed by atoms with E-state index in [1.165, 1.54) is 18.5 Å². The number of benzene rings is 1. The summed E-state index contributed by atoms with van der Waals surface area (Å²) in [6.45, 7) is 0. The molecule has 134 valence electrons. The maximum atomic E-state index is 14.2. The largest absolute Gasteiger partial charge is 0.396 e. The number of hydrogen-bond acceptors (Lipinski definition) is 4. The monoisotopic (exact) mass is 366 g/mol. The molecule has 6 nitrogen and oxygen atoms in total. The van der Waals surface area contributed by atoms with Gasteiger partial charge in [-0.25, -0.2) is 13.8 Å². The molecule has 0 aliphatic rings. The van der Waals surface area contributed by atoms with E-state index in [1.807, 2.05) is 0 Å². The van der Waals surface area contributed by atoms with Gasteiger partial charge >= 0.3 is 0 Å². The molecule has 4 rings (SSSR count). The third kappa shape index (κ3) is 2.77. The van der Waals surface area contributed by atoms with E-state index in [4.69, 9.17) is 5.73 Å². The molecule has 8 heteroatoms. The Kier molecular flexibility index (Phi) is 3.80. The van der Waals surface area contributed by atoms with Crippen LogP contribution in [0, 0.1) is 11.6 Å². The number of nitrogens with one attached hydrogen (secondary N) is 2. The van der Waals surface area contributed by atoms with Gasteiger partial charge in [-0.3, -0.25) is 9.59 Å². The van der Waals surface area contributed by atoms with Crippen LogP contribution in [0.3, 0.4) is 0 Å². The summed E-state index contributed by atoms with van der Waals surface area (Å²) < 4.78 is 28.3. The first kappa shape index (κ1) is 16.6. The number of H-pyrrole nitrogens is 2. The molecular weight excluding hydrogens is 354 g/mol. The van der Waals surface area contributed by atoms with Gasteiger partial charge in [0.15, 0.2) is 5.82 Å². The number of pyridine rings is 2. The first-order valence-corrected chi connectivity index (χ1v) is 7.90. The van der Waals surface area contributed by atoms with Crippen molar-refractivity contribution in [3.63, 3.8) is 0 Å². The highest BCUT2D eigenvalue weighted by Crippen LogP contribution is 2.28. The van der Waals surface area contributed by atoms with Crippen molar-refractivity contribution in [2.45, 2.75) is 0 Å². The van der Waals surface area contributed by atoms with Gasteiger partial charge in [-0.1, -0.05) is 0 Å². The first-order valence-electron chi connectivity index (χ1n) is 7.90. The number of carbonyl (C=O) groups is 1. The van der Waals surface area contributed by atoms with Crippen molar-refractivity contribution in [2.24, 2.45) is 0 Å². The Labute approximate surface area is 150 Å². The van der Waals surface area contributed by atoms with E-state index in [0.29, 0.717) is 22.2 Å². The molecule has 3 heterocycles. The number of aromatic nitrogens is 3. The number of hydrogen-bond donors (Lipinski definition) is 3. The highest BCUT2D eigenvalue weighted by molar-refractivity contribution is 6.16. The average Bonchev–Trinajstić information content (AvgIpc) is 3.09. The molecule has 0 amide bonds. The third-order valence-corrected chi connectivity index (χ3v) is 4.24. The Hall–Kier alpha value is -3.81. The van der Waals surface area contributed by atoms with Crippen molar-refractivity contribution in [3.05, 3.63) is 82.0 Å². The van der Waals surface area contributed by atoms with Gasteiger partial charge in [0.25, 0.3) is 0 Å². The number of nitrogen functional groups attached to an aromatic ring is 1. The third-order valence-electron chi connectivity index (χ3n) is 4.24. The van der Waals surface area contributed by atoms with Crippen molar-refractivity contribution < 1.29 is 13.6 Å². The summed E-state index contributed by atoms with van der Waals surface area (Å²) in [5.74, 6) is -2.94. The van der Waals surface area contributed by atoms with Crippen molar-refractivity contribution in [1.82, 2.24) is 15.0 Å². The predicted octanol–water partition coefficient (Wildman–Crippen LogP) is 3.01. The molecule has 0 aliphatic carbocycles. The highest BCUT2D eigenvalue weighted by atomic mass is 19.1. The summed E-state index contributed by atoms with van der Waals surface area (Å²) in [4.78, 5) is 33.6. The summed E-state index contributed by atoms with van der Waals surface area (Å²) >= 11 is 0. The number of fused-ring (bicyclic) bond motifs is 1. The molecule has 0 spiro atoms. The summed E-state index contributed by atoms with van der Waals surface area (Å²) in [6.07, 6.45) is 4.41. The molecule has 4 aromatic rings. The predicted molar refractivity (Wildman–Crippen MR) is 96.4 cm³/mol. The van der Waals surface area contributed by atoms with E-state index < -0.39 is 23.0 Å². The number of nitrogens with two attached hydrogens (primary N) is 1. The molecule has 0 unspecified atom stereocenters. The van der Waals surface area contributed by atoms with E-state index in [1.54, 1.807) is 18.3 Å². The number of rotatable bonds is 3. The van der Waals surface area contributed by atoms with Crippen LogP contribution in [0.5, 0.6) is 0 Å². The zero-order valence-electron chi connectivity index (χ0n) is 13.7. The Bertz CT molecular complexity index is 1240. The number of halogens is 2. The topological polar surface area (TPSA) is 105 Å². The smallest absolute Gasteiger partial charge is 0.247 e. The van der Waals surface area contributed by atoms with Crippen LogP contribution in [0.4, 0.5) is 14.5 Å². The molecule has 0 aliphatic heterocycles. The van der Waals surface area contributed by atoms with Gasteiger partial charge in [0.05, 0.1) is 11.3 Å². The SMILES string of the molecule is Nc1ccc(F)c(C(=O)c2c[nH]c3ncc(-c4ccc(=O)[nH]c4)cc23)c1F. The van der Waals surface area contributed by atoms with Gasteiger partial charge in [-0.2, -0.15) is 0 Å². The lowest BCUT2D eigenvalue weighted by Crippen LogP contribution is -2.09. The van der Waals surface area contributed by atoms with E-state index in [9.17, 15) is 18.4 Å². The van der Waals surface area contributed by atoms with Crippen molar-refractivity contribution in [3.8, 4) is 11.1 Å². The fourth-order valence-corrected chi connectivity index (χ4v) is 2.85. The van der Waals surface area contributed by atoms with Crippen LogP contribution < -0.4 is 11.3 Å². The Morgan fingerprint density at radius 3 is 2.59 bits per heavy atom. The van der Waals surface area contributed by atoms with Gasteiger partial charge in [-0.15, -0.1) is 0 Å². The Balaban J connectivity index is 1.87. The van der Waals surface area contributed by atoms with E-state index in [0.717, 1.165) is 12.1 Å². The number of carbonyl (C=O) groups excluding carboxylic acids is 1. The van der Waals surface area contributed by atoms with Gasteiger partial charge in [0.2, 0.25) is 11.3 Å². The van der Waals surface area contributed by atoms with Crippen molar-refractivity contribution in [1.29, 1.82) is 0 Å². The van der Waals surface area contributed by atoms with Crippen LogP contribution in [0.2, 0.25) is 0 Å². The second-order valence-corrected chi connectivity index (χ2v) is 5.92. The molecule has 1 aromatic carbocycles. The van der Waals surface area contributed by atoms with Crippen LogP contribution in [-0.2, 0) is 0 Å². The summed E-state index contributed by atoms with van der Waals surface area (Å²) in [5.41, 5.74) is 5.92. The average molecular weight is 366 g/mol. The highest BCUT2D eigenvalue weighted by Gasteiger charge is 2.23. The lowest BCUT2D eigenvalue weighted by atomic mass is 10.00. The van der Waals surface area contributed by atoms with Gasteiger partial charge < -0.3 is 15.7 Å². The van der Waals surface area contributed by atoms with Gasteiger partial charge in [0, 0.05) is 41.2 Å². The molecule has 3 aromatic heterocycles. The second kappa shape index (κ2) is 6.17. The minimum atomic E-state index is -1.10. The number of anilines is 1. The minimum absolute atomic E-state index is 0.0622. The van der Waals surface area contributed by atoms with Crippen LogP contribution in [0.1, 0.15) is 15.9 Å². The number of aromatic amines is 2. The van der Waals surface area contributed by atoms with Crippen LogP contribution in [0.25, 0.3) is 22.2 Å². The standard InChI is InChI=1S/C19H12F2N4O2/c20-13-2-3-14(22)17(21)16(13)18(27)12-8-25-19-11(12)5-10(7-24-19)9-1-4-15(26)23-6-9/h1-8H,22H2,(H,23,26)(H,24,25). The molecule has 0 saturated heterocycles. The van der Waals surface area contributed by atoms with Crippen molar-refractivity contribution >= 4 is 22.5 Å². The maximum Gasteiger partial charge on any atom is 0.247 e. The molecule has 4 N–H and O–H groups in total. The quantitative estimate of drug-likeness (QED) is 0.383. The van der Waals surface area contributed by atoms with E-state index in [2.05, 4.69) is 15.0 Å². The zero-order chi connectivity index (χ0) is 19.1. The van der Waals surface area contributed by atoms with E-state index in [-0.39, 0.29) is 16.8 Å². The molecule has 0 atom stereocenters. The summed E-state index contributed by atoms with van der Waals surface area (Å²) in [7, 11) is 0. The lowest BCUT2D eigenvalue weighted by molar-refractivity contribution is 0.103. The second-order valence-electron chi connectivity index (χ2n) is 5.92.